The lowest BCUT2D eigenvalue weighted by molar-refractivity contribution is 0.0922. The summed E-state index contributed by atoms with van der Waals surface area (Å²) in [5, 5.41) is 6.59. The summed E-state index contributed by atoms with van der Waals surface area (Å²) in [5.74, 6) is 0.749. The first-order valence-electron chi connectivity index (χ1n) is 8.58. The highest BCUT2D eigenvalue weighted by molar-refractivity contribution is 7.09. The Morgan fingerprint density at radius 3 is 2.70 bits per heavy atom. The number of benzene rings is 2. The number of ether oxygens (including phenoxy) is 1. The van der Waals surface area contributed by atoms with Gasteiger partial charge >= 0.3 is 0 Å². The molecule has 0 spiro atoms. The summed E-state index contributed by atoms with van der Waals surface area (Å²) in [7, 11) is 0. The number of aryl methyl sites for hydroxylation is 1. The summed E-state index contributed by atoms with van der Waals surface area (Å²) >= 11 is 1.52. The van der Waals surface area contributed by atoms with Crippen molar-refractivity contribution in [2.75, 3.05) is 0 Å². The number of amides is 1. The summed E-state index contributed by atoms with van der Waals surface area (Å²) in [5.41, 5.74) is 2.35. The first kappa shape index (κ1) is 17.3. The highest BCUT2D eigenvalue weighted by atomic mass is 32.1. The van der Waals surface area contributed by atoms with Crippen LogP contribution < -0.4 is 10.1 Å². The van der Waals surface area contributed by atoms with E-state index in [0.717, 1.165) is 27.4 Å². The third-order valence-electron chi connectivity index (χ3n) is 4.10. The van der Waals surface area contributed by atoms with E-state index in [2.05, 4.69) is 10.3 Å². The number of hydrogen-bond acceptors (Lipinski definition) is 5. The van der Waals surface area contributed by atoms with Crippen molar-refractivity contribution in [1.29, 1.82) is 0 Å². The number of rotatable bonds is 6. The van der Waals surface area contributed by atoms with E-state index < -0.39 is 0 Å². The van der Waals surface area contributed by atoms with Crippen molar-refractivity contribution in [2.45, 2.75) is 20.1 Å². The third-order valence-corrected chi connectivity index (χ3v) is 5.06. The predicted octanol–water partition coefficient (Wildman–Crippen LogP) is 4.71. The number of thiazole rings is 1. The monoisotopic (exact) mass is 378 g/mol. The van der Waals surface area contributed by atoms with E-state index >= 15 is 0 Å². The second kappa shape index (κ2) is 7.63. The molecule has 0 aliphatic rings. The first-order chi connectivity index (χ1) is 13.2. The number of hydrogen-bond donors (Lipinski definition) is 1. The predicted molar refractivity (Wildman–Crippen MR) is 105 cm³/mol. The van der Waals surface area contributed by atoms with Crippen LogP contribution in [0, 0.1) is 6.92 Å². The van der Waals surface area contributed by atoms with Crippen LogP contribution in [0.2, 0.25) is 0 Å². The van der Waals surface area contributed by atoms with E-state index in [4.69, 9.17) is 9.15 Å². The Kier molecular flexibility index (Phi) is 4.89. The average molecular weight is 378 g/mol. The zero-order valence-electron chi connectivity index (χ0n) is 14.8. The molecule has 0 radical (unpaired) electrons. The van der Waals surface area contributed by atoms with Crippen molar-refractivity contribution in [2.24, 2.45) is 0 Å². The summed E-state index contributed by atoms with van der Waals surface area (Å²) in [4.78, 5) is 17.1. The first-order valence-corrected chi connectivity index (χ1v) is 9.46. The molecule has 2 aromatic heterocycles. The van der Waals surface area contributed by atoms with E-state index in [0.29, 0.717) is 12.1 Å². The van der Waals surface area contributed by atoms with Crippen LogP contribution in [-0.2, 0) is 13.2 Å². The lowest BCUT2D eigenvalue weighted by Gasteiger charge is -2.07. The largest absolute Gasteiger partial charge is 0.489 e. The maximum Gasteiger partial charge on any atom is 0.287 e. The number of para-hydroxylation sites is 2. The van der Waals surface area contributed by atoms with Crippen LogP contribution in [0.3, 0.4) is 0 Å². The maximum atomic E-state index is 12.7. The molecule has 1 amide bonds. The Balaban J connectivity index is 1.58. The molecule has 0 unspecified atom stereocenters. The molecule has 0 aliphatic heterocycles. The van der Waals surface area contributed by atoms with Gasteiger partial charge in [0.1, 0.15) is 22.9 Å². The van der Waals surface area contributed by atoms with E-state index in [1.54, 1.807) is 0 Å². The zero-order chi connectivity index (χ0) is 18.6. The Morgan fingerprint density at radius 1 is 1.15 bits per heavy atom. The fourth-order valence-electron chi connectivity index (χ4n) is 2.82. The van der Waals surface area contributed by atoms with Gasteiger partial charge in [0.15, 0.2) is 5.76 Å². The fraction of sp³-hybridized carbons (Fsp3) is 0.143. The second-order valence-electron chi connectivity index (χ2n) is 6.07. The van der Waals surface area contributed by atoms with Gasteiger partial charge in [-0.1, -0.05) is 36.4 Å². The Labute approximate surface area is 160 Å². The summed E-state index contributed by atoms with van der Waals surface area (Å²) in [6, 6.07) is 17.1. The van der Waals surface area contributed by atoms with Crippen LogP contribution in [-0.4, -0.2) is 10.9 Å². The van der Waals surface area contributed by atoms with E-state index in [9.17, 15) is 4.79 Å². The minimum atomic E-state index is -0.272. The van der Waals surface area contributed by atoms with Crippen LogP contribution in [0.5, 0.6) is 5.75 Å². The molecular weight excluding hydrogens is 360 g/mol. The van der Waals surface area contributed by atoms with Crippen LogP contribution in [0.25, 0.3) is 11.0 Å². The number of nitrogens with one attached hydrogen (secondary N) is 1. The lowest BCUT2D eigenvalue weighted by atomic mass is 10.1. The molecule has 0 aliphatic carbocycles. The molecule has 2 heterocycles. The number of carbonyl (C=O) groups is 1. The molecule has 5 nitrogen and oxygen atoms in total. The molecule has 136 valence electrons. The van der Waals surface area contributed by atoms with Gasteiger partial charge in [-0.25, -0.2) is 4.98 Å². The van der Waals surface area contributed by atoms with E-state index in [1.165, 1.54) is 11.3 Å². The summed E-state index contributed by atoms with van der Waals surface area (Å²) < 4.78 is 11.7. The van der Waals surface area contributed by atoms with Gasteiger partial charge in [-0.05, 0) is 25.1 Å². The Morgan fingerprint density at radius 2 is 1.93 bits per heavy atom. The van der Waals surface area contributed by atoms with Crippen LogP contribution in [0.1, 0.15) is 26.8 Å². The number of nitrogens with zero attached hydrogens (tertiary/aromatic N) is 1. The van der Waals surface area contributed by atoms with Crippen LogP contribution in [0.15, 0.2) is 64.4 Å². The zero-order valence-corrected chi connectivity index (χ0v) is 15.6. The third kappa shape index (κ3) is 3.85. The van der Waals surface area contributed by atoms with Crippen molar-refractivity contribution in [1.82, 2.24) is 10.3 Å². The SMILES string of the molecule is Cc1csc(CNC(=O)c2oc3ccccc3c2COc2ccccc2)n1. The van der Waals surface area contributed by atoms with Crippen molar-refractivity contribution < 1.29 is 13.9 Å². The molecule has 0 bridgehead atoms. The normalized spacial score (nSPS) is 10.9. The van der Waals surface area contributed by atoms with Crippen molar-refractivity contribution >= 4 is 28.2 Å². The number of carbonyl (C=O) groups excluding carboxylic acids is 1. The molecule has 4 rings (SSSR count). The molecule has 0 fully saturated rings. The van der Waals surface area contributed by atoms with Crippen molar-refractivity contribution in [3.63, 3.8) is 0 Å². The molecule has 6 heteroatoms. The molecule has 1 N–H and O–H groups in total. The smallest absolute Gasteiger partial charge is 0.287 e. The standard InChI is InChI=1S/C21H18N2O3S/c1-14-13-27-19(23-14)11-22-21(24)20-17(12-25-15-7-3-2-4-8-15)16-9-5-6-10-18(16)26-20/h2-10,13H,11-12H2,1H3,(H,22,24). The molecule has 4 aromatic rings. The van der Waals surface area contributed by atoms with Gasteiger partial charge in [0.25, 0.3) is 5.91 Å². The van der Waals surface area contributed by atoms with Crippen LogP contribution >= 0.6 is 11.3 Å². The van der Waals surface area contributed by atoms with E-state index in [-0.39, 0.29) is 18.3 Å². The molecule has 27 heavy (non-hydrogen) atoms. The molecular formula is C21H18N2O3S. The fourth-order valence-corrected chi connectivity index (χ4v) is 3.53. The van der Waals surface area contributed by atoms with Gasteiger partial charge in [-0.3, -0.25) is 4.79 Å². The minimum Gasteiger partial charge on any atom is -0.489 e. The minimum absolute atomic E-state index is 0.250. The van der Waals surface area contributed by atoms with Gasteiger partial charge < -0.3 is 14.5 Å². The van der Waals surface area contributed by atoms with Crippen molar-refractivity contribution in [3.8, 4) is 5.75 Å². The van der Waals surface area contributed by atoms with Gasteiger partial charge in [-0.2, -0.15) is 0 Å². The Bertz CT molecular complexity index is 1070. The molecule has 0 saturated heterocycles. The second-order valence-corrected chi connectivity index (χ2v) is 7.02. The van der Waals surface area contributed by atoms with Crippen LogP contribution in [0.4, 0.5) is 0 Å². The van der Waals surface area contributed by atoms with Gasteiger partial charge in [0.2, 0.25) is 0 Å². The number of furan rings is 1. The number of aromatic nitrogens is 1. The highest BCUT2D eigenvalue weighted by Gasteiger charge is 2.21. The lowest BCUT2D eigenvalue weighted by Crippen LogP contribution is -2.23. The topological polar surface area (TPSA) is 64.4 Å². The Hall–Kier alpha value is -3.12. The summed E-state index contributed by atoms with van der Waals surface area (Å²) in [6.45, 7) is 2.55. The number of fused-ring (bicyclic) bond motifs is 1. The molecule has 0 saturated carbocycles. The van der Waals surface area contributed by atoms with Gasteiger partial charge in [0, 0.05) is 22.0 Å². The quantitative estimate of drug-likeness (QED) is 0.528. The van der Waals surface area contributed by atoms with E-state index in [1.807, 2.05) is 66.9 Å². The molecule has 0 atom stereocenters. The van der Waals surface area contributed by atoms with Crippen molar-refractivity contribution in [3.05, 3.63) is 82.0 Å². The van der Waals surface area contributed by atoms with Gasteiger partial charge in [-0.15, -0.1) is 11.3 Å². The maximum absolute atomic E-state index is 12.7. The molecule has 2 aromatic carbocycles. The van der Waals surface area contributed by atoms with Gasteiger partial charge in [0.05, 0.1) is 6.54 Å². The summed E-state index contributed by atoms with van der Waals surface area (Å²) in [6.07, 6.45) is 0. The highest BCUT2D eigenvalue weighted by Crippen LogP contribution is 2.27. The average Bonchev–Trinajstić information content (AvgIpc) is 3.28.